The second kappa shape index (κ2) is 7.44. The number of carbonyl (C=O) groups excluding carboxylic acids is 1. The van der Waals surface area contributed by atoms with Crippen LogP contribution in [-0.4, -0.2) is 18.5 Å². The Hall–Kier alpha value is -1.35. The molecule has 1 saturated carbocycles. The number of carbonyl (C=O) groups is 1. The zero-order valence-corrected chi connectivity index (χ0v) is 12.6. The van der Waals surface area contributed by atoms with E-state index in [4.69, 9.17) is 0 Å². The molecule has 0 aliphatic heterocycles. The first-order chi connectivity index (χ1) is 9.66. The third-order valence-electron chi connectivity index (χ3n) is 4.33. The first kappa shape index (κ1) is 15.0. The van der Waals surface area contributed by atoms with E-state index in [9.17, 15) is 4.79 Å². The Morgan fingerprint density at radius 2 is 1.95 bits per heavy atom. The van der Waals surface area contributed by atoms with E-state index in [0.717, 1.165) is 6.42 Å². The Labute approximate surface area is 122 Å². The molecule has 0 spiro atoms. The topological polar surface area (TPSA) is 41.1 Å². The highest BCUT2D eigenvalue weighted by Gasteiger charge is 2.22. The zero-order chi connectivity index (χ0) is 14.4. The van der Waals surface area contributed by atoms with Crippen molar-refractivity contribution in [3.05, 3.63) is 35.9 Å². The number of hydrogen-bond donors (Lipinski definition) is 2. The summed E-state index contributed by atoms with van der Waals surface area (Å²) in [6.45, 7) is 4.72. The van der Waals surface area contributed by atoms with Gasteiger partial charge in [-0.2, -0.15) is 0 Å². The molecule has 20 heavy (non-hydrogen) atoms. The van der Waals surface area contributed by atoms with Gasteiger partial charge in [-0.1, -0.05) is 50.1 Å². The molecule has 0 unspecified atom stereocenters. The van der Waals surface area contributed by atoms with Crippen LogP contribution in [0.4, 0.5) is 0 Å². The molecule has 2 rings (SSSR count). The third-order valence-corrected chi connectivity index (χ3v) is 4.33. The summed E-state index contributed by atoms with van der Waals surface area (Å²) >= 11 is 0. The lowest BCUT2D eigenvalue weighted by atomic mass is 9.86. The van der Waals surface area contributed by atoms with Crippen molar-refractivity contribution in [1.29, 1.82) is 0 Å². The summed E-state index contributed by atoms with van der Waals surface area (Å²) < 4.78 is 0. The summed E-state index contributed by atoms with van der Waals surface area (Å²) in [4.78, 5) is 12.0. The molecule has 1 aliphatic carbocycles. The molecule has 1 amide bonds. The van der Waals surface area contributed by atoms with Crippen molar-refractivity contribution in [3.63, 3.8) is 0 Å². The van der Waals surface area contributed by atoms with Crippen molar-refractivity contribution >= 4 is 5.91 Å². The first-order valence-corrected chi connectivity index (χ1v) is 7.74. The van der Waals surface area contributed by atoms with Crippen molar-refractivity contribution in [2.24, 2.45) is 5.92 Å². The van der Waals surface area contributed by atoms with Gasteiger partial charge in [0.15, 0.2) is 0 Å². The van der Waals surface area contributed by atoms with Gasteiger partial charge in [0.25, 0.3) is 0 Å². The summed E-state index contributed by atoms with van der Waals surface area (Å²) in [5.74, 6) is 0.728. The van der Waals surface area contributed by atoms with Gasteiger partial charge in [-0.3, -0.25) is 4.79 Å². The number of amides is 1. The minimum atomic E-state index is 0.117. The summed E-state index contributed by atoms with van der Waals surface area (Å²) in [6, 6.07) is 10.8. The van der Waals surface area contributed by atoms with Gasteiger partial charge >= 0.3 is 0 Å². The molecule has 1 aromatic rings. The van der Waals surface area contributed by atoms with Gasteiger partial charge in [-0.25, -0.2) is 0 Å². The second-order valence-electron chi connectivity index (χ2n) is 5.95. The van der Waals surface area contributed by atoms with E-state index in [2.05, 4.69) is 36.6 Å². The fourth-order valence-corrected chi connectivity index (χ4v) is 2.89. The van der Waals surface area contributed by atoms with Crippen LogP contribution in [0.25, 0.3) is 0 Å². The van der Waals surface area contributed by atoms with E-state index in [1.165, 1.54) is 24.8 Å². The van der Waals surface area contributed by atoms with Gasteiger partial charge in [0.05, 0.1) is 6.54 Å². The third kappa shape index (κ3) is 4.34. The van der Waals surface area contributed by atoms with Crippen LogP contribution in [0.2, 0.25) is 0 Å². The quantitative estimate of drug-likeness (QED) is 0.866. The van der Waals surface area contributed by atoms with Crippen LogP contribution in [0, 0.1) is 5.92 Å². The van der Waals surface area contributed by atoms with Crippen LogP contribution >= 0.6 is 0 Å². The van der Waals surface area contributed by atoms with E-state index in [0.29, 0.717) is 18.5 Å². The maximum Gasteiger partial charge on any atom is 0.234 e. The molecule has 0 bridgehead atoms. The highest BCUT2D eigenvalue weighted by Crippen LogP contribution is 2.23. The molecule has 1 fully saturated rings. The molecule has 110 valence electrons. The van der Waals surface area contributed by atoms with Crippen molar-refractivity contribution in [1.82, 2.24) is 10.6 Å². The lowest BCUT2D eigenvalue weighted by molar-refractivity contribution is -0.121. The zero-order valence-electron chi connectivity index (χ0n) is 12.6. The smallest absolute Gasteiger partial charge is 0.234 e. The fraction of sp³-hybridized carbons (Fsp3) is 0.588. The van der Waals surface area contributed by atoms with Crippen molar-refractivity contribution < 1.29 is 4.79 Å². The van der Waals surface area contributed by atoms with Crippen molar-refractivity contribution in [3.8, 4) is 0 Å². The van der Waals surface area contributed by atoms with E-state index < -0.39 is 0 Å². The normalized spacial score (nSPS) is 24.1. The maximum absolute atomic E-state index is 12.0. The van der Waals surface area contributed by atoms with Gasteiger partial charge in [-0.05, 0) is 31.2 Å². The molecular formula is C17H26N2O. The molecule has 3 heteroatoms. The van der Waals surface area contributed by atoms with Crippen LogP contribution in [0.5, 0.6) is 0 Å². The predicted octanol–water partition coefficient (Wildman–Crippen LogP) is 3.03. The largest absolute Gasteiger partial charge is 0.352 e. The van der Waals surface area contributed by atoms with Crippen LogP contribution in [0.1, 0.15) is 51.1 Å². The molecule has 0 heterocycles. The minimum Gasteiger partial charge on any atom is -0.352 e. The maximum atomic E-state index is 12.0. The van der Waals surface area contributed by atoms with Gasteiger partial charge in [0.1, 0.15) is 0 Å². The van der Waals surface area contributed by atoms with Gasteiger partial charge in [0, 0.05) is 12.1 Å². The Morgan fingerprint density at radius 1 is 1.25 bits per heavy atom. The van der Waals surface area contributed by atoms with Crippen LogP contribution in [-0.2, 0) is 4.79 Å². The molecule has 0 saturated heterocycles. The number of hydrogen-bond acceptors (Lipinski definition) is 2. The summed E-state index contributed by atoms with van der Waals surface area (Å²) in [7, 11) is 0. The monoisotopic (exact) mass is 274 g/mol. The Balaban J connectivity index is 1.74. The highest BCUT2D eigenvalue weighted by atomic mass is 16.2. The van der Waals surface area contributed by atoms with Gasteiger partial charge < -0.3 is 10.6 Å². The van der Waals surface area contributed by atoms with Gasteiger partial charge in [0.2, 0.25) is 5.91 Å². The molecule has 1 aliphatic rings. The SMILES string of the molecule is C[C@H](NCC(=O)N[C@@H]1CCCC[C@@H]1C)c1ccccc1. The van der Waals surface area contributed by atoms with Crippen molar-refractivity contribution in [2.75, 3.05) is 6.54 Å². The second-order valence-corrected chi connectivity index (χ2v) is 5.95. The fourth-order valence-electron chi connectivity index (χ4n) is 2.89. The van der Waals surface area contributed by atoms with Crippen LogP contribution < -0.4 is 10.6 Å². The summed E-state index contributed by atoms with van der Waals surface area (Å²) in [6.07, 6.45) is 4.90. The molecule has 2 N–H and O–H groups in total. The highest BCUT2D eigenvalue weighted by molar-refractivity contribution is 5.78. The molecular weight excluding hydrogens is 248 g/mol. The molecule has 0 radical (unpaired) electrons. The molecule has 1 aromatic carbocycles. The molecule has 3 nitrogen and oxygen atoms in total. The lowest BCUT2D eigenvalue weighted by Crippen LogP contribution is -2.45. The molecule has 3 atom stereocenters. The van der Waals surface area contributed by atoms with Crippen LogP contribution in [0.3, 0.4) is 0 Å². The molecule has 0 aromatic heterocycles. The number of nitrogens with one attached hydrogen (secondary N) is 2. The predicted molar refractivity (Wildman–Crippen MR) is 82.4 cm³/mol. The number of rotatable bonds is 5. The Morgan fingerprint density at radius 3 is 2.65 bits per heavy atom. The first-order valence-electron chi connectivity index (χ1n) is 7.74. The standard InChI is InChI=1S/C17H26N2O/c1-13-8-6-7-11-16(13)19-17(20)12-18-14(2)15-9-4-3-5-10-15/h3-5,9-10,13-14,16,18H,6-8,11-12H2,1-2H3,(H,19,20)/t13-,14-,16+/m0/s1. The average Bonchev–Trinajstić information content (AvgIpc) is 2.48. The van der Waals surface area contributed by atoms with Crippen molar-refractivity contribution in [2.45, 2.75) is 51.6 Å². The lowest BCUT2D eigenvalue weighted by Gasteiger charge is -2.29. The number of benzene rings is 1. The Kier molecular flexibility index (Phi) is 5.60. The van der Waals surface area contributed by atoms with Gasteiger partial charge in [-0.15, -0.1) is 0 Å². The van der Waals surface area contributed by atoms with E-state index in [1.807, 2.05) is 18.2 Å². The van der Waals surface area contributed by atoms with E-state index in [-0.39, 0.29) is 11.9 Å². The minimum absolute atomic E-state index is 0.117. The van der Waals surface area contributed by atoms with Crippen LogP contribution in [0.15, 0.2) is 30.3 Å². The summed E-state index contributed by atoms with van der Waals surface area (Å²) in [5.41, 5.74) is 1.21. The van der Waals surface area contributed by atoms with E-state index in [1.54, 1.807) is 0 Å². The summed E-state index contributed by atoms with van der Waals surface area (Å²) in [5, 5.41) is 6.47. The Bertz CT molecular complexity index is 418. The van der Waals surface area contributed by atoms with E-state index >= 15 is 0 Å². The average molecular weight is 274 g/mol.